The lowest BCUT2D eigenvalue weighted by Gasteiger charge is -2.36. The summed E-state index contributed by atoms with van der Waals surface area (Å²) in [7, 11) is 2.01. The minimum atomic E-state index is -1.01. The molecule has 0 bridgehead atoms. The fraction of sp³-hybridized carbons (Fsp3) is 0.444. The van der Waals surface area contributed by atoms with Crippen molar-refractivity contribution in [3.63, 3.8) is 0 Å². The maximum atomic E-state index is 10.8. The average molecular weight is 208 g/mol. The van der Waals surface area contributed by atoms with E-state index >= 15 is 0 Å². The molecule has 15 heavy (non-hydrogen) atoms. The first-order chi connectivity index (χ1) is 7.16. The SMILES string of the molecule is CN1CC(Nc2ncncc2C(=O)O)C1. The first-order valence-electron chi connectivity index (χ1n) is 4.65. The normalized spacial score (nSPS) is 17.1. The molecule has 1 aromatic rings. The first kappa shape index (κ1) is 9.85. The van der Waals surface area contributed by atoms with E-state index in [0.717, 1.165) is 13.1 Å². The van der Waals surface area contributed by atoms with E-state index in [9.17, 15) is 4.79 Å². The van der Waals surface area contributed by atoms with Gasteiger partial charge in [-0.05, 0) is 7.05 Å². The Bertz CT molecular complexity index is 376. The Kier molecular flexibility index (Phi) is 2.51. The maximum absolute atomic E-state index is 10.8. The van der Waals surface area contributed by atoms with Crippen molar-refractivity contribution in [2.45, 2.75) is 6.04 Å². The van der Waals surface area contributed by atoms with E-state index in [1.807, 2.05) is 7.05 Å². The molecule has 0 aromatic carbocycles. The van der Waals surface area contributed by atoms with E-state index in [0.29, 0.717) is 5.82 Å². The summed E-state index contributed by atoms with van der Waals surface area (Å²) in [6, 6.07) is 0.281. The largest absolute Gasteiger partial charge is 0.477 e. The van der Waals surface area contributed by atoms with Gasteiger partial charge in [0.2, 0.25) is 0 Å². The van der Waals surface area contributed by atoms with Crippen LogP contribution in [0, 0.1) is 0 Å². The van der Waals surface area contributed by atoms with Gasteiger partial charge < -0.3 is 15.3 Å². The third-order valence-corrected chi connectivity index (χ3v) is 2.35. The van der Waals surface area contributed by atoms with Crippen molar-refractivity contribution in [3.8, 4) is 0 Å². The predicted molar refractivity (Wildman–Crippen MR) is 53.9 cm³/mol. The van der Waals surface area contributed by atoms with Crippen molar-refractivity contribution in [3.05, 3.63) is 18.1 Å². The van der Waals surface area contributed by atoms with Gasteiger partial charge in [-0.1, -0.05) is 0 Å². The van der Waals surface area contributed by atoms with Gasteiger partial charge in [-0.3, -0.25) is 0 Å². The van der Waals surface area contributed by atoms with E-state index in [1.165, 1.54) is 12.5 Å². The summed E-state index contributed by atoms with van der Waals surface area (Å²) in [5.41, 5.74) is 0.118. The van der Waals surface area contributed by atoms with Gasteiger partial charge in [0, 0.05) is 19.3 Å². The van der Waals surface area contributed by atoms with Gasteiger partial charge in [0.25, 0.3) is 0 Å². The third-order valence-electron chi connectivity index (χ3n) is 2.35. The number of rotatable bonds is 3. The Morgan fingerprint density at radius 2 is 2.40 bits per heavy atom. The number of carboxylic acids is 1. The second-order valence-electron chi connectivity index (χ2n) is 3.65. The molecule has 1 aliphatic heterocycles. The topological polar surface area (TPSA) is 78.3 Å². The monoisotopic (exact) mass is 208 g/mol. The third kappa shape index (κ3) is 2.04. The average Bonchev–Trinajstić information content (AvgIpc) is 2.16. The molecule has 2 rings (SSSR count). The second-order valence-corrected chi connectivity index (χ2v) is 3.65. The Balaban J connectivity index is 2.10. The van der Waals surface area contributed by atoms with Gasteiger partial charge in [-0.15, -0.1) is 0 Å². The lowest BCUT2D eigenvalue weighted by Crippen LogP contribution is -2.52. The zero-order valence-corrected chi connectivity index (χ0v) is 8.34. The highest BCUT2D eigenvalue weighted by atomic mass is 16.4. The Morgan fingerprint density at radius 3 is 3.00 bits per heavy atom. The number of carbonyl (C=O) groups is 1. The van der Waals surface area contributed by atoms with Crippen LogP contribution in [0.25, 0.3) is 0 Å². The molecular weight excluding hydrogens is 196 g/mol. The van der Waals surface area contributed by atoms with Crippen molar-refractivity contribution >= 4 is 11.8 Å². The molecule has 0 aliphatic carbocycles. The second kappa shape index (κ2) is 3.82. The summed E-state index contributed by atoms with van der Waals surface area (Å²) < 4.78 is 0. The van der Waals surface area contributed by atoms with Crippen LogP contribution in [-0.2, 0) is 0 Å². The Hall–Kier alpha value is -1.69. The van der Waals surface area contributed by atoms with Crippen LogP contribution in [0.5, 0.6) is 0 Å². The number of hydrogen-bond acceptors (Lipinski definition) is 5. The van der Waals surface area contributed by atoms with Crippen LogP contribution < -0.4 is 5.32 Å². The molecule has 1 saturated heterocycles. The van der Waals surface area contributed by atoms with E-state index in [-0.39, 0.29) is 11.6 Å². The molecular formula is C9H12N4O2. The molecule has 2 heterocycles. The number of hydrogen-bond donors (Lipinski definition) is 2. The molecule has 0 atom stereocenters. The summed E-state index contributed by atoms with van der Waals surface area (Å²) in [5.74, 6) is -0.610. The molecule has 0 spiro atoms. The number of nitrogens with one attached hydrogen (secondary N) is 1. The van der Waals surface area contributed by atoms with Crippen molar-refractivity contribution < 1.29 is 9.90 Å². The summed E-state index contributed by atoms with van der Waals surface area (Å²) in [6.45, 7) is 1.81. The first-order valence-corrected chi connectivity index (χ1v) is 4.65. The highest BCUT2D eigenvalue weighted by Gasteiger charge is 2.24. The minimum Gasteiger partial charge on any atom is -0.477 e. The van der Waals surface area contributed by atoms with Crippen LogP contribution >= 0.6 is 0 Å². The number of anilines is 1. The van der Waals surface area contributed by atoms with E-state index < -0.39 is 5.97 Å². The molecule has 1 aliphatic rings. The van der Waals surface area contributed by atoms with E-state index in [4.69, 9.17) is 5.11 Å². The van der Waals surface area contributed by atoms with Gasteiger partial charge in [-0.2, -0.15) is 0 Å². The fourth-order valence-electron chi connectivity index (χ4n) is 1.58. The van der Waals surface area contributed by atoms with Crippen LogP contribution in [0.2, 0.25) is 0 Å². The lowest BCUT2D eigenvalue weighted by molar-refractivity contribution is 0.0697. The molecule has 0 saturated carbocycles. The zero-order chi connectivity index (χ0) is 10.8. The Morgan fingerprint density at radius 1 is 1.67 bits per heavy atom. The maximum Gasteiger partial charge on any atom is 0.341 e. The van der Waals surface area contributed by atoms with E-state index in [2.05, 4.69) is 20.2 Å². The van der Waals surface area contributed by atoms with Gasteiger partial charge >= 0.3 is 5.97 Å². The van der Waals surface area contributed by atoms with E-state index in [1.54, 1.807) is 0 Å². The molecule has 0 amide bonds. The smallest absolute Gasteiger partial charge is 0.341 e. The van der Waals surface area contributed by atoms with Crippen molar-refractivity contribution in [1.29, 1.82) is 0 Å². The van der Waals surface area contributed by atoms with Crippen LogP contribution in [0.15, 0.2) is 12.5 Å². The number of aromatic nitrogens is 2. The summed E-state index contributed by atoms with van der Waals surface area (Å²) in [4.78, 5) is 20.6. The number of aromatic carboxylic acids is 1. The van der Waals surface area contributed by atoms with Gasteiger partial charge in [-0.25, -0.2) is 14.8 Å². The van der Waals surface area contributed by atoms with Gasteiger partial charge in [0.05, 0.1) is 6.04 Å². The van der Waals surface area contributed by atoms with Gasteiger partial charge in [0.1, 0.15) is 17.7 Å². The molecule has 1 fully saturated rings. The number of likely N-dealkylation sites (tertiary alicyclic amines) is 1. The van der Waals surface area contributed by atoms with Crippen molar-refractivity contribution in [2.24, 2.45) is 0 Å². The van der Waals surface area contributed by atoms with Crippen LogP contribution in [0.4, 0.5) is 5.82 Å². The molecule has 1 aromatic heterocycles. The van der Waals surface area contributed by atoms with Crippen LogP contribution in [0.1, 0.15) is 10.4 Å². The quantitative estimate of drug-likeness (QED) is 0.722. The zero-order valence-electron chi connectivity index (χ0n) is 8.34. The van der Waals surface area contributed by atoms with Crippen LogP contribution in [0.3, 0.4) is 0 Å². The molecule has 6 nitrogen and oxygen atoms in total. The lowest BCUT2D eigenvalue weighted by atomic mass is 10.1. The Labute approximate surface area is 87.0 Å². The van der Waals surface area contributed by atoms with Gasteiger partial charge in [0.15, 0.2) is 0 Å². The molecule has 80 valence electrons. The fourth-order valence-corrected chi connectivity index (χ4v) is 1.58. The standard InChI is InChI=1S/C9H12N4O2/c1-13-3-6(4-13)12-8-7(9(14)15)2-10-5-11-8/h2,5-6H,3-4H2,1H3,(H,14,15)(H,10,11,12). The number of likely N-dealkylation sites (N-methyl/N-ethyl adjacent to an activating group) is 1. The highest BCUT2D eigenvalue weighted by Crippen LogP contribution is 2.15. The number of carboxylic acid groups (broad SMARTS) is 1. The summed E-state index contributed by atoms with van der Waals surface area (Å²) >= 11 is 0. The highest BCUT2D eigenvalue weighted by molar-refractivity contribution is 5.92. The van der Waals surface area contributed by atoms with Crippen molar-refractivity contribution in [1.82, 2.24) is 14.9 Å². The number of nitrogens with zero attached hydrogens (tertiary/aromatic N) is 3. The van der Waals surface area contributed by atoms with Crippen LogP contribution in [-0.4, -0.2) is 52.1 Å². The molecule has 0 radical (unpaired) electrons. The minimum absolute atomic E-state index is 0.118. The predicted octanol–water partition coefficient (Wildman–Crippen LogP) is -0.0993. The molecule has 0 unspecified atom stereocenters. The molecule has 6 heteroatoms. The molecule has 2 N–H and O–H groups in total. The summed E-state index contributed by atoms with van der Waals surface area (Å²) in [5, 5.41) is 12.0. The van der Waals surface area contributed by atoms with Crippen molar-refractivity contribution in [2.75, 3.05) is 25.5 Å². The summed E-state index contributed by atoms with van der Waals surface area (Å²) in [6.07, 6.45) is 2.65.